The van der Waals surface area contributed by atoms with Gasteiger partial charge in [0.2, 0.25) is 5.95 Å². The van der Waals surface area contributed by atoms with Crippen molar-refractivity contribution in [1.29, 1.82) is 0 Å². The van der Waals surface area contributed by atoms with Gasteiger partial charge in [0.1, 0.15) is 17.5 Å². The summed E-state index contributed by atoms with van der Waals surface area (Å²) in [5, 5.41) is 7.22. The number of nitrogens with one attached hydrogen (secondary N) is 2. The highest BCUT2D eigenvalue weighted by atomic mass is 32.1. The van der Waals surface area contributed by atoms with Gasteiger partial charge in [-0.1, -0.05) is 25.0 Å². The normalized spacial score (nSPS) is 20.2. The van der Waals surface area contributed by atoms with Gasteiger partial charge in [0, 0.05) is 57.4 Å². The molecule has 4 heterocycles. The number of anilines is 3. The van der Waals surface area contributed by atoms with Crippen LogP contribution in [0.1, 0.15) is 63.4 Å². The molecule has 0 saturated carbocycles. The summed E-state index contributed by atoms with van der Waals surface area (Å²) < 4.78 is 19.2. The molecule has 0 aliphatic carbocycles. The molecule has 0 amide bonds. The lowest BCUT2D eigenvalue weighted by atomic mass is 9.74. The molecule has 3 fully saturated rings. The summed E-state index contributed by atoms with van der Waals surface area (Å²) >= 11 is 5.73. The molecule has 1 aromatic carbocycles. The van der Waals surface area contributed by atoms with Gasteiger partial charge >= 0.3 is 0 Å². The fourth-order valence-corrected chi connectivity index (χ4v) is 5.92. The van der Waals surface area contributed by atoms with Crippen LogP contribution in [0.4, 0.5) is 22.0 Å². The fourth-order valence-electron chi connectivity index (χ4n) is 5.75. The number of hydrogen-bond acceptors (Lipinski definition) is 6. The van der Waals surface area contributed by atoms with Gasteiger partial charge in [0.05, 0.1) is 0 Å². The molecule has 0 atom stereocenters. The van der Waals surface area contributed by atoms with Crippen LogP contribution in [0, 0.1) is 5.82 Å². The molecule has 0 unspecified atom stereocenters. The number of rotatable bonds is 6. The maximum Gasteiger partial charge on any atom is 0.232 e. The van der Waals surface area contributed by atoms with Crippen molar-refractivity contribution in [3.63, 3.8) is 0 Å². The SMILES string of the molecule is Fc1ccc(C2(CNC(=S)Nc3nc(N4CCCCCC4)cc(N4CCCCC4)n3)CCOCC2)cc1. The summed E-state index contributed by atoms with van der Waals surface area (Å²) in [6.07, 6.45) is 10.3. The topological polar surface area (TPSA) is 65.6 Å². The Bertz CT molecular complexity index is 1030. The Morgan fingerprint density at radius 3 is 1.97 bits per heavy atom. The van der Waals surface area contributed by atoms with Gasteiger partial charge in [-0.15, -0.1) is 0 Å². The van der Waals surface area contributed by atoms with E-state index in [1.165, 1.54) is 57.1 Å². The van der Waals surface area contributed by atoms with Crippen molar-refractivity contribution < 1.29 is 9.13 Å². The number of halogens is 1. The van der Waals surface area contributed by atoms with E-state index < -0.39 is 0 Å². The Kier molecular flexibility index (Phi) is 8.71. The molecule has 1 aromatic heterocycles. The summed E-state index contributed by atoms with van der Waals surface area (Å²) in [6, 6.07) is 9.00. The zero-order valence-electron chi connectivity index (χ0n) is 21.7. The number of piperidine rings is 1. The van der Waals surface area contributed by atoms with Gasteiger partial charge < -0.3 is 25.2 Å². The van der Waals surface area contributed by atoms with Gasteiger partial charge in [-0.2, -0.15) is 9.97 Å². The lowest BCUT2D eigenvalue weighted by molar-refractivity contribution is 0.0515. The van der Waals surface area contributed by atoms with Gasteiger partial charge in [-0.05, 0) is 74.9 Å². The molecular weight excluding hydrogens is 487 g/mol. The number of benzene rings is 1. The minimum absolute atomic E-state index is 0.161. The van der Waals surface area contributed by atoms with E-state index >= 15 is 0 Å². The zero-order valence-corrected chi connectivity index (χ0v) is 22.5. The molecule has 200 valence electrons. The minimum Gasteiger partial charge on any atom is -0.381 e. The highest BCUT2D eigenvalue weighted by Crippen LogP contribution is 2.34. The van der Waals surface area contributed by atoms with Crippen molar-refractivity contribution in [1.82, 2.24) is 15.3 Å². The molecule has 5 rings (SSSR count). The summed E-state index contributed by atoms with van der Waals surface area (Å²) in [4.78, 5) is 14.6. The van der Waals surface area contributed by atoms with Crippen LogP contribution in [0.25, 0.3) is 0 Å². The van der Waals surface area contributed by atoms with Crippen LogP contribution in [-0.2, 0) is 10.2 Å². The first-order chi connectivity index (χ1) is 18.1. The molecule has 2 aromatic rings. The number of aromatic nitrogens is 2. The first kappa shape index (κ1) is 26.1. The van der Waals surface area contributed by atoms with Gasteiger partial charge in [0.15, 0.2) is 5.11 Å². The Hall–Kier alpha value is -2.52. The van der Waals surface area contributed by atoms with Crippen molar-refractivity contribution in [2.45, 2.75) is 63.2 Å². The molecule has 3 aliphatic rings. The van der Waals surface area contributed by atoms with Crippen LogP contribution in [-0.4, -0.2) is 61.0 Å². The van der Waals surface area contributed by atoms with Crippen molar-refractivity contribution in [3.05, 3.63) is 41.7 Å². The predicted octanol–water partition coefficient (Wildman–Crippen LogP) is 5.02. The molecule has 2 N–H and O–H groups in total. The molecule has 37 heavy (non-hydrogen) atoms. The largest absolute Gasteiger partial charge is 0.381 e. The number of nitrogens with zero attached hydrogens (tertiary/aromatic N) is 4. The third-order valence-corrected chi connectivity index (χ3v) is 8.27. The molecule has 9 heteroatoms. The van der Waals surface area contributed by atoms with Crippen LogP contribution < -0.4 is 20.4 Å². The third kappa shape index (κ3) is 6.68. The molecule has 0 bridgehead atoms. The monoisotopic (exact) mass is 526 g/mol. The molecule has 7 nitrogen and oxygen atoms in total. The highest BCUT2D eigenvalue weighted by molar-refractivity contribution is 7.80. The van der Waals surface area contributed by atoms with E-state index in [1.807, 2.05) is 12.1 Å². The lowest BCUT2D eigenvalue weighted by Crippen LogP contribution is -2.45. The van der Waals surface area contributed by atoms with E-state index in [9.17, 15) is 4.39 Å². The Morgan fingerprint density at radius 1 is 0.865 bits per heavy atom. The van der Waals surface area contributed by atoms with Gasteiger partial charge in [-0.25, -0.2) is 4.39 Å². The van der Waals surface area contributed by atoms with E-state index in [2.05, 4.69) is 26.5 Å². The van der Waals surface area contributed by atoms with Crippen molar-refractivity contribution in [3.8, 4) is 0 Å². The summed E-state index contributed by atoms with van der Waals surface area (Å²) in [7, 11) is 0. The first-order valence-corrected chi connectivity index (χ1v) is 14.3. The number of hydrogen-bond donors (Lipinski definition) is 2. The number of thiocarbonyl (C=S) groups is 1. The smallest absolute Gasteiger partial charge is 0.232 e. The van der Waals surface area contributed by atoms with Crippen molar-refractivity contribution in [2.75, 3.05) is 61.1 Å². The van der Waals surface area contributed by atoms with E-state index in [0.717, 1.165) is 56.2 Å². The van der Waals surface area contributed by atoms with Gasteiger partial charge in [0.25, 0.3) is 0 Å². The average Bonchev–Trinajstić information content (AvgIpc) is 3.23. The van der Waals surface area contributed by atoms with E-state index in [0.29, 0.717) is 30.8 Å². The highest BCUT2D eigenvalue weighted by Gasteiger charge is 2.34. The van der Waals surface area contributed by atoms with E-state index in [-0.39, 0.29) is 11.2 Å². The quantitative estimate of drug-likeness (QED) is 0.509. The van der Waals surface area contributed by atoms with Crippen molar-refractivity contribution >= 4 is 34.9 Å². The summed E-state index contributed by atoms with van der Waals surface area (Å²) in [5.41, 5.74) is 0.949. The maximum absolute atomic E-state index is 13.6. The maximum atomic E-state index is 13.6. The summed E-state index contributed by atoms with van der Waals surface area (Å²) in [5.74, 6) is 2.28. The van der Waals surface area contributed by atoms with E-state index in [1.54, 1.807) is 0 Å². The van der Waals surface area contributed by atoms with Crippen LogP contribution in [0.15, 0.2) is 30.3 Å². The lowest BCUT2D eigenvalue weighted by Gasteiger charge is -2.38. The molecule has 0 spiro atoms. The second-order valence-electron chi connectivity index (χ2n) is 10.6. The number of ether oxygens (including phenoxy) is 1. The molecule has 3 saturated heterocycles. The zero-order chi connectivity index (χ0) is 25.5. The molecular formula is C28H39FN6OS. The Morgan fingerprint density at radius 2 is 1.41 bits per heavy atom. The van der Waals surface area contributed by atoms with E-state index in [4.69, 9.17) is 26.9 Å². The van der Waals surface area contributed by atoms with Gasteiger partial charge in [-0.3, -0.25) is 0 Å². The second-order valence-corrected chi connectivity index (χ2v) is 11.0. The second kappa shape index (κ2) is 12.3. The molecule has 3 aliphatic heterocycles. The Labute approximate surface area is 225 Å². The molecule has 0 radical (unpaired) electrons. The third-order valence-electron chi connectivity index (χ3n) is 8.03. The fraction of sp³-hybridized carbons (Fsp3) is 0.607. The van der Waals surface area contributed by atoms with Crippen molar-refractivity contribution in [2.24, 2.45) is 0 Å². The average molecular weight is 527 g/mol. The minimum atomic E-state index is -0.220. The van der Waals surface area contributed by atoms with Crippen LogP contribution in [0.3, 0.4) is 0 Å². The van der Waals surface area contributed by atoms with Crippen LogP contribution in [0.5, 0.6) is 0 Å². The Balaban J connectivity index is 1.32. The standard InChI is InChI=1S/C28H39FN6OS/c29-23-10-8-22(9-11-23)28(12-18-36-19-13-28)21-30-27(37)33-26-31-24(34-14-4-1-2-5-15-34)20-25(32-26)35-16-6-3-7-17-35/h8-11,20H,1-7,12-19,21H2,(H2,30,31,32,33,37). The van der Waals surface area contributed by atoms with Crippen LogP contribution in [0.2, 0.25) is 0 Å². The first-order valence-electron chi connectivity index (χ1n) is 13.9. The predicted molar refractivity (Wildman–Crippen MR) is 151 cm³/mol. The van der Waals surface area contributed by atoms with Crippen LogP contribution >= 0.6 is 12.2 Å². The summed E-state index contributed by atoms with van der Waals surface area (Å²) in [6.45, 7) is 6.11.